The Morgan fingerprint density at radius 2 is 1.50 bits per heavy atom. The summed E-state index contributed by atoms with van der Waals surface area (Å²) in [5.41, 5.74) is 2.19. The van der Waals surface area contributed by atoms with Crippen LogP contribution in [-0.4, -0.2) is 36.7 Å². The molecular formula is C26H35N3O5. The molecule has 2 aromatic rings. The number of aryl methyl sites for hydroxylation is 1. The van der Waals surface area contributed by atoms with Gasteiger partial charge in [0, 0.05) is 25.2 Å². The van der Waals surface area contributed by atoms with Gasteiger partial charge in [-0.1, -0.05) is 37.6 Å². The third kappa shape index (κ3) is 10.8. The number of nitrogens with one attached hydrogen (secondary N) is 3. The molecule has 0 aliphatic carbocycles. The van der Waals surface area contributed by atoms with Gasteiger partial charge in [-0.2, -0.15) is 0 Å². The van der Waals surface area contributed by atoms with Crippen LogP contribution in [0.5, 0.6) is 5.75 Å². The molecule has 3 N–H and O–H groups in total. The normalized spacial score (nSPS) is 10.8. The van der Waals surface area contributed by atoms with E-state index in [9.17, 15) is 14.4 Å². The summed E-state index contributed by atoms with van der Waals surface area (Å²) in [4.78, 5) is 35.7. The van der Waals surface area contributed by atoms with Crippen LogP contribution < -0.4 is 20.7 Å². The molecule has 8 nitrogen and oxygen atoms in total. The lowest BCUT2D eigenvalue weighted by Crippen LogP contribution is -2.35. The highest BCUT2D eigenvalue weighted by Crippen LogP contribution is 2.14. The lowest BCUT2D eigenvalue weighted by molar-refractivity contribution is -0.121. The topological polar surface area (TPSA) is 106 Å². The van der Waals surface area contributed by atoms with Gasteiger partial charge in [-0.25, -0.2) is 4.79 Å². The Morgan fingerprint density at radius 3 is 2.12 bits per heavy atom. The molecule has 0 saturated heterocycles. The first-order valence-corrected chi connectivity index (χ1v) is 11.5. The highest BCUT2D eigenvalue weighted by Gasteiger charge is 2.15. The first kappa shape index (κ1) is 26.7. The highest BCUT2D eigenvalue weighted by molar-refractivity contribution is 5.91. The summed E-state index contributed by atoms with van der Waals surface area (Å²) in [6.45, 7) is 7.91. The molecule has 2 aromatic carbocycles. The third-order valence-corrected chi connectivity index (χ3v) is 4.58. The number of benzene rings is 2. The lowest BCUT2D eigenvalue weighted by atomic mass is 10.1. The fraction of sp³-hybridized carbons (Fsp3) is 0.423. The van der Waals surface area contributed by atoms with Crippen molar-refractivity contribution in [2.75, 3.05) is 18.5 Å². The quantitative estimate of drug-likeness (QED) is 0.458. The van der Waals surface area contributed by atoms with E-state index in [-0.39, 0.29) is 31.4 Å². The van der Waals surface area contributed by atoms with Crippen LogP contribution in [0, 0.1) is 0 Å². The largest absolute Gasteiger partial charge is 0.484 e. The Morgan fingerprint density at radius 1 is 0.853 bits per heavy atom. The molecule has 2 rings (SSSR count). The average Bonchev–Trinajstić information content (AvgIpc) is 2.77. The van der Waals surface area contributed by atoms with Gasteiger partial charge in [0.05, 0.1) is 0 Å². The minimum Gasteiger partial charge on any atom is -0.484 e. The van der Waals surface area contributed by atoms with E-state index in [0.717, 1.165) is 18.4 Å². The number of rotatable bonds is 11. The molecule has 0 heterocycles. The molecule has 0 fully saturated rings. The van der Waals surface area contributed by atoms with E-state index in [0.29, 0.717) is 18.0 Å². The van der Waals surface area contributed by atoms with Crippen molar-refractivity contribution < 1.29 is 23.9 Å². The van der Waals surface area contributed by atoms with Gasteiger partial charge in [0.15, 0.2) is 6.61 Å². The lowest BCUT2D eigenvalue weighted by Gasteiger charge is -2.19. The molecule has 0 spiro atoms. The van der Waals surface area contributed by atoms with Crippen LogP contribution in [0.25, 0.3) is 0 Å². The van der Waals surface area contributed by atoms with E-state index in [2.05, 4.69) is 22.9 Å². The van der Waals surface area contributed by atoms with Crippen molar-refractivity contribution in [1.82, 2.24) is 10.6 Å². The Hall–Kier alpha value is -3.55. The number of hydrogen-bond acceptors (Lipinski definition) is 5. The Bertz CT molecular complexity index is 934. The predicted octanol–water partition coefficient (Wildman–Crippen LogP) is 4.19. The Labute approximate surface area is 201 Å². The summed E-state index contributed by atoms with van der Waals surface area (Å²) in [6, 6.07) is 14.9. The van der Waals surface area contributed by atoms with Crippen LogP contribution in [0.2, 0.25) is 0 Å². The molecule has 184 valence electrons. The first-order chi connectivity index (χ1) is 16.1. The maximum atomic E-state index is 12.1. The van der Waals surface area contributed by atoms with E-state index in [1.165, 1.54) is 5.56 Å². The van der Waals surface area contributed by atoms with Gasteiger partial charge >= 0.3 is 6.09 Å². The number of carbonyl (C=O) groups is 3. The highest BCUT2D eigenvalue weighted by atomic mass is 16.6. The van der Waals surface area contributed by atoms with E-state index >= 15 is 0 Å². The molecule has 0 saturated carbocycles. The smallest absolute Gasteiger partial charge is 0.407 e. The summed E-state index contributed by atoms with van der Waals surface area (Å²) in [5.74, 6) is 0.215. The van der Waals surface area contributed by atoms with Crippen molar-refractivity contribution in [3.63, 3.8) is 0 Å². The van der Waals surface area contributed by atoms with Crippen molar-refractivity contribution >= 4 is 23.6 Å². The van der Waals surface area contributed by atoms with Crippen LogP contribution in [0.15, 0.2) is 48.5 Å². The summed E-state index contributed by atoms with van der Waals surface area (Å²) in [6.07, 6.45) is 1.70. The molecule has 8 heteroatoms. The van der Waals surface area contributed by atoms with Crippen LogP contribution >= 0.6 is 0 Å². The van der Waals surface area contributed by atoms with Crippen molar-refractivity contribution in [2.24, 2.45) is 0 Å². The van der Waals surface area contributed by atoms with Crippen LogP contribution in [0.4, 0.5) is 10.5 Å². The fourth-order valence-electron chi connectivity index (χ4n) is 2.97. The van der Waals surface area contributed by atoms with E-state index in [4.69, 9.17) is 9.47 Å². The third-order valence-electron chi connectivity index (χ3n) is 4.58. The van der Waals surface area contributed by atoms with Crippen molar-refractivity contribution in [1.29, 1.82) is 0 Å². The summed E-state index contributed by atoms with van der Waals surface area (Å²) in [5, 5.41) is 8.13. The molecular weight excluding hydrogens is 434 g/mol. The molecule has 0 aliphatic heterocycles. The van der Waals surface area contributed by atoms with E-state index in [1.54, 1.807) is 32.9 Å². The first-order valence-electron chi connectivity index (χ1n) is 11.5. The van der Waals surface area contributed by atoms with Crippen molar-refractivity contribution in [3.8, 4) is 5.75 Å². The number of anilines is 1. The number of hydrogen-bond donors (Lipinski definition) is 3. The van der Waals surface area contributed by atoms with Crippen molar-refractivity contribution in [2.45, 2.75) is 59.1 Å². The monoisotopic (exact) mass is 469 g/mol. The van der Waals surface area contributed by atoms with Gasteiger partial charge in [-0.15, -0.1) is 0 Å². The van der Waals surface area contributed by atoms with Gasteiger partial charge in [0.2, 0.25) is 5.91 Å². The van der Waals surface area contributed by atoms with Crippen LogP contribution in [0.1, 0.15) is 51.7 Å². The molecule has 0 aromatic heterocycles. The number of carbonyl (C=O) groups excluding carboxylic acids is 3. The zero-order valence-corrected chi connectivity index (χ0v) is 20.4. The van der Waals surface area contributed by atoms with Crippen LogP contribution in [-0.2, 0) is 27.3 Å². The molecule has 0 atom stereocenters. The zero-order valence-electron chi connectivity index (χ0n) is 20.4. The second-order valence-electron chi connectivity index (χ2n) is 8.88. The van der Waals surface area contributed by atoms with Gasteiger partial charge in [-0.05, 0) is 62.6 Å². The van der Waals surface area contributed by atoms with E-state index < -0.39 is 11.7 Å². The maximum Gasteiger partial charge on any atom is 0.407 e. The summed E-state index contributed by atoms with van der Waals surface area (Å²) in [7, 11) is 0. The Kier molecular flexibility index (Phi) is 10.4. The molecule has 0 aliphatic rings. The second-order valence-corrected chi connectivity index (χ2v) is 8.88. The van der Waals surface area contributed by atoms with E-state index in [1.807, 2.05) is 36.4 Å². The standard InChI is InChI=1S/C26H35N3O5/c1-5-6-19-9-13-22(14-10-19)33-18-24(31)29-21-11-7-20(8-12-21)17-28-23(30)15-16-27-25(32)34-26(2,3)4/h7-14H,5-6,15-18H2,1-4H3,(H,27,32)(H,28,30)(H,29,31). The van der Waals surface area contributed by atoms with Gasteiger partial charge < -0.3 is 25.4 Å². The zero-order chi connectivity index (χ0) is 25.0. The molecule has 0 bridgehead atoms. The number of amides is 3. The van der Waals surface area contributed by atoms with Gasteiger partial charge in [-0.3, -0.25) is 9.59 Å². The van der Waals surface area contributed by atoms with Gasteiger partial charge in [0.1, 0.15) is 11.4 Å². The molecule has 3 amide bonds. The average molecular weight is 470 g/mol. The molecule has 0 radical (unpaired) electrons. The SMILES string of the molecule is CCCc1ccc(OCC(=O)Nc2ccc(CNC(=O)CCNC(=O)OC(C)(C)C)cc2)cc1. The number of ether oxygens (including phenoxy) is 2. The molecule has 34 heavy (non-hydrogen) atoms. The Balaban J connectivity index is 1.66. The van der Waals surface area contributed by atoms with Crippen LogP contribution in [0.3, 0.4) is 0 Å². The summed E-state index contributed by atoms with van der Waals surface area (Å²) < 4.78 is 10.7. The maximum absolute atomic E-state index is 12.1. The summed E-state index contributed by atoms with van der Waals surface area (Å²) >= 11 is 0. The fourth-order valence-corrected chi connectivity index (χ4v) is 2.97. The minimum atomic E-state index is -0.578. The second kappa shape index (κ2) is 13.2. The molecule has 0 unspecified atom stereocenters. The van der Waals surface area contributed by atoms with Crippen molar-refractivity contribution in [3.05, 3.63) is 59.7 Å². The van der Waals surface area contributed by atoms with Gasteiger partial charge in [0.25, 0.3) is 5.91 Å². The number of alkyl carbamates (subject to hydrolysis) is 1. The predicted molar refractivity (Wildman–Crippen MR) is 132 cm³/mol. The minimum absolute atomic E-state index is 0.0811.